The molecule has 6 atom stereocenters. The minimum Gasteiger partial charge on any atom is -0.507 e. The van der Waals surface area contributed by atoms with Crippen LogP contribution in [0.3, 0.4) is 0 Å². The number of carbonyl (C=O) groups is 3. The number of methoxy groups -OCH3 is 1. The van der Waals surface area contributed by atoms with Crippen molar-refractivity contribution in [3.63, 3.8) is 0 Å². The summed E-state index contributed by atoms with van der Waals surface area (Å²) in [6, 6.07) is 3.32. The Morgan fingerprint density at radius 3 is 2.49 bits per heavy atom. The van der Waals surface area contributed by atoms with Gasteiger partial charge in [0.05, 0.1) is 48.2 Å². The van der Waals surface area contributed by atoms with Crippen molar-refractivity contribution in [2.45, 2.75) is 69.4 Å². The molecule has 2 aromatic carbocycles. The van der Waals surface area contributed by atoms with Crippen molar-refractivity contribution in [2.75, 3.05) is 7.11 Å². The number of Topliss-reactive ketones (excluding diaryl/α,β-unsaturated/α-hetero) is 1. The molecule has 1 fully saturated rings. The molecule has 39 heavy (non-hydrogen) atoms. The highest BCUT2D eigenvalue weighted by Crippen LogP contribution is 2.52. The van der Waals surface area contributed by atoms with E-state index in [-0.39, 0.29) is 34.4 Å². The molecule has 208 valence electrons. The largest absolute Gasteiger partial charge is 0.507 e. The molecule has 3 aliphatic rings. The minimum atomic E-state index is -2.06. The van der Waals surface area contributed by atoms with Gasteiger partial charge in [0, 0.05) is 36.0 Å². The van der Waals surface area contributed by atoms with Crippen LogP contribution in [0.1, 0.15) is 75.8 Å². The summed E-state index contributed by atoms with van der Waals surface area (Å²) < 4.78 is 30.3. The number of phenolic OH excluding ortho intramolecular Hbond substituents is 2. The molecule has 11 nitrogen and oxygen atoms in total. The average Bonchev–Trinajstić information content (AvgIpc) is 2.90. The number of aliphatic hydroxyl groups is 2. The molecule has 0 saturated carbocycles. The Morgan fingerprint density at radius 1 is 1.15 bits per heavy atom. The fourth-order valence-electron chi connectivity index (χ4n) is 5.73. The number of ketones is 3. The van der Waals surface area contributed by atoms with Gasteiger partial charge in [-0.2, -0.15) is 5.54 Å². The van der Waals surface area contributed by atoms with E-state index < -0.39 is 89.1 Å². The van der Waals surface area contributed by atoms with Gasteiger partial charge in [0.15, 0.2) is 17.9 Å². The van der Waals surface area contributed by atoms with Gasteiger partial charge in [0.2, 0.25) is 5.78 Å². The zero-order chi connectivity index (χ0) is 28.4. The first kappa shape index (κ1) is 27.2. The van der Waals surface area contributed by atoms with Gasteiger partial charge >= 0.3 is 0 Å². The van der Waals surface area contributed by atoms with Crippen LogP contribution < -0.4 is 10.3 Å². The van der Waals surface area contributed by atoms with Crippen molar-refractivity contribution in [2.24, 2.45) is 0 Å². The summed E-state index contributed by atoms with van der Waals surface area (Å²) in [5, 5.41) is 44.1. The highest BCUT2D eigenvalue weighted by atomic mass is 19.2. The molecule has 5 N–H and O–H groups in total. The molecule has 2 aromatic rings. The van der Waals surface area contributed by atoms with Crippen molar-refractivity contribution in [3.8, 4) is 17.2 Å². The molecule has 1 saturated heterocycles. The molecule has 0 spiro atoms. The molecule has 0 aromatic heterocycles. The second-order valence-corrected chi connectivity index (χ2v) is 10.2. The van der Waals surface area contributed by atoms with Crippen molar-refractivity contribution in [1.29, 1.82) is 0 Å². The number of rotatable bonds is 5. The number of aromatic hydroxyl groups is 2. The van der Waals surface area contributed by atoms with Gasteiger partial charge < -0.3 is 34.6 Å². The molecular formula is C27H28FNO10. The predicted octanol–water partition coefficient (Wildman–Crippen LogP) is 1.54. The lowest BCUT2D eigenvalue weighted by atomic mass is 9.72. The van der Waals surface area contributed by atoms with Crippen LogP contribution in [0.15, 0.2) is 18.2 Å². The summed E-state index contributed by atoms with van der Waals surface area (Å²) in [4.78, 5) is 39.6. The number of nitrogens with one attached hydrogen (secondary N) is 1. The maximum atomic E-state index is 13.6. The second kappa shape index (κ2) is 9.65. The van der Waals surface area contributed by atoms with Gasteiger partial charge in [-0.05, 0) is 19.9 Å². The first-order chi connectivity index (χ1) is 18.4. The number of phenols is 2. The van der Waals surface area contributed by atoms with Crippen LogP contribution in [0.25, 0.3) is 0 Å². The average molecular weight is 546 g/mol. The Morgan fingerprint density at radius 2 is 1.85 bits per heavy atom. The summed E-state index contributed by atoms with van der Waals surface area (Å²) in [7, 11) is 1.32. The number of aliphatic hydroxyl groups excluding tert-OH is 1. The molecule has 4 unspecified atom stereocenters. The number of hydrogen-bond acceptors (Lipinski definition) is 11. The molecule has 5 rings (SSSR count). The van der Waals surface area contributed by atoms with E-state index in [1.807, 2.05) is 0 Å². The quantitative estimate of drug-likeness (QED) is 0.233. The summed E-state index contributed by atoms with van der Waals surface area (Å²) in [6.07, 6.45) is -5.58. The Labute approximate surface area is 222 Å². The van der Waals surface area contributed by atoms with Gasteiger partial charge in [0.1, 0.15) is 22.8 Å². The van der Waals surface area contributed by atoms with E-state index in [0.29, 0.717) is 0 Å². The number of halogens is 1. The Kier molecular flexibility index (Phi) is 6.72. The number of fused-ring (bicyclic) bond motifs is 3. The van der Waals surface area contributed by atoms with Gasteiger partial charge in [-0.3, -0.25) is 14.4 Å². The number of benzene rings is 2. The molecule has 12 heteroatoms. The summed E-state index contributed by atoms with van der Waals surface area (Å²) in [6.45, 7) is 2.65. The van der Waals surface area contributed by atoms with E-state index >= 15 is 0 Å². The number of ether oxygens (including phenoxy) is 3. The maximum absolute atomic E-state index is 13.6. The molecule has 0 radical (unpaired) electrons. The summed E-state index contributed by atoms with van der Waals surface area (Å²) in [5.74, 6) is -3.42. The maximum Gasteiger partial charge on any atom is 0.202 e. The molecule has 1 aliphatic heterocycles. The second-order valence-electron chi connectivity index (χ2n) is 10.2. The van der Waals surface area contributed by atoms with Gasteiger partial charge in [0.25, 0.3) is 0 Å². The zero-order valence-corrected chi connectivity index (χ0v) is 21.4. The fraction of sp³-hybridized carbons (Fsp3) is 0.444. The van der Waals surface area contributed by atoms with Crippen LogP contribution in [0.2, 0.25) is 0 Å². The first-order valence-corrected chi connectivity index (χ1v) is 12.4. The van der Waals surface area contributed by atoms with Crippen molar-refractivity contribution < 1.29 is 53.5 Å². The van der Waals surface area contributed by atoms with Crippen molar-refractivity contribution in [3.05, 3.63) is 51.6 Å². The molecular weight excluding hydrogens is 517 g/mol. The monoisotopic (exact) mass is 545 g/mol. The van der Waals surface area contributed by atoms with Gasteiger partial charge in [-0.15, -0.1) is 4.48 Å². The predicted molar refractivity (Wildman–Crippen MR) is 130 cm³/mol. The van der Waals surface area contributed by atoms with E-state index in [4.69, 9.17) is 14.2 Å². The molecule has 1 heterocycles. The highest BCUT2D eigenvalue weighted by molar-refractivity contribution is 6.31. The summed E-state index contributed by atoms with van der Waals surface area (Å²) in [5.41, 5.74) is -1.87. The Hall–Kier alpha value is -3.42. The van der Waals surface area contributed by atoms with E-state index in [2.05, 4.69) is 0 Å². The lowest BCUT2D eigenvalue weighted by molar-refractivity contribution is -0.252. The van der Waals surface area contributed by atoms with Crippen LogP contribution in [0.4, 0.5) is 4.48 Å². The number of carbonyl (C=O) groups excluding carboxylic acids is 3. The Bertz CT molecular complexity index is 1390. The van der Waals surface area contributed by atoms with Crippen LogP contribution in [0.5, 0.6) is 17.2 Å². The molecule has 0 bridgehead atoms. The minimum absolute atomic E-state index is 0.0418. The summed E-state index contributed by atoms with van der Waals surface area (Å²) >= 11 is 0. The lowest BCUT2D eigenvalue weighted by Crippen LogP contribution is -2.52. The number of hydrogen-bond donors (Lipinski definition) is 5. The van der Waals surface area contributed by atoms with Crippen LogP contribution >= 0.6 is 0 Å². The van der Waals surface area contributed by atoms with E-state index in [9.17, 15) is 39.3 Å². The third kappa shape index (κ3) is 4.10. The smallest absolute Gasteiger partial charge is 0.202 e. The third-order valence-corrected chi connectivity index (χ3v) is 7.89. The van der Waals surface area contributed by atoms with Crippen LogP contribution in [-0.2, 0) is 20.7 Å². The van der Waals surface area contributed by atoms with Crippen molar-refractivity contribution in [1.82, 2.24) is 5.54 Å². The standard InChI is InChI=1S/C27H28FNO10/c1-10-22(31)14(29-28)7-17(38-10)39-16-9-27(36,11(2)30)8-13-19(16)26(35)21-20(24(13)33)23(32)12-5-4-6-15(37-3)18(12)25(21)34/h4-6,10,14,16-17,22,29,31,33,35-36H,7-9H2,1-3H3/t10?,14?,16-,17?,22?,27-/m0/s1. The SMILES string of the molecule is COc1cccc2c1C(=O)c1c(O)c3c(c(O)c1C2=O)C[C@@](O)(C(C)=O)C[C@@H]3OC1CC(NF)C(O)C(C)O1. The van der Waals surface area contributed by atoms with E-state index in [0.717, 1.165) is 6.92 Å². The Balaban J connectivity index is 1.67. The van der Waals surface area contributed by atoms with E-state index in [1.165, 1.54) is 37.8 Å². The van der Waals surface area contributed by atoms with Crippen molar-refractivity contribution >= 4 is 17.3 Å². The fourth-order valence-corrected chi connectivity index (χ4v) is 5.73. The highest BCUT2D eigenvalue weighted by Gasteiger charge is 2.49. The normalized spacial score (nSPS) is 29.8. The zero-order valence-electron chi connectivity index (χ0n) is 21.4. The van der Waals surface area contributed by atoms with Crippen LogP contribution in [-0.4, -0.2) is 75.0 Å². The van der Waals surface area contributed by atoms with E-state index in [1.54, 1.807) is 0 Å². The van der Waals surface area contributed by atoms with Gasteiger partial charge in [-0.25, -0.2) is 0 Å². The first-order valence-electron chi connectivity index (χ1n) is 12.4. The molecule has 2 aliphatic carbocycles. The molecule has 0 amide bonds. The van der Waals surface area contributed by atoms with Gasteiger partial charge in [-0.1, -0.05) is 12.1 Å². The topological polar surface area (TPSA) is 172 Å². The van der Waals surface area contributed by atoms with Crippen LogP contribution in [0, 0.1) is 0 Å². The third-order valence-electron chi connectivity index (χ3n) is 7.89. The lowest BCUT2D eigenvalue weighted by Gasteiger charge is -2.42.